The topological polar surface area (TPSA) is 33.0 Å². The predicted octanol–water partition coefficient (Wildman–Crippen LogP) is 3.69. The van der Waals surface area contributed by atoms with E-state index in [0.717, 1.165) is 6.42 Å². The van der Waals surface area contributed by atoms with E-state index in [0.29, 0.717) is 11.5 Å². The van der Waals surface area contributed by atoms with Crippen LogP contribution in [-0.4, -0.2) is 0 Å². The van der Waals surface area contributed by atoms with E-state index >= 15 is 0 Å². The average molecular weight is 226 g/mol. The van der Waals surface area contributed by atoms with Gasteiger partial charge in [0.05, 0.1) is 12.5 Å². The summed E-state index contributed by atoms with van der Waals surface area (Å²) in [7, 11) is 0. The molecule has 2 nitrogen and oxygen atoms in total. The second-order valence-corrected chi connectivity index (χ2v) is 3.37. The van der Waals surface area contributed by atoms with Crippen LogP contribution in [-0.2, 0) is 0 Å². The lowest BCUT2D eigenvalue weighted by Gasteiger charge is -2.06. The van der Waals surface area contributed by atoms with Crippen LogP contribution >= 0.6 is 0 Å². The van der Waals surface area contributed by atoms with E-state index in [2.05, 4.69) is 0 Å². The summed E-state index contributed by atoms with van der Waals surface area (Å²) in [5, 5.41) is 8.51. The first-order valence-electron chi connectivity index (χ1n) is 5.05. The number of para-hydroxylation sites is 1. The van der Waals surface area contributed by atoms with Crippen molar-refractivity contribution in [2.45, 2.75) is 0 Å². The van der Waals surface area contributed by atoms with Gasteiger partial charge in [-0.1, -0.05) is 18.2 Å². The second kappa shape index (κ2) is 5.13. The zero-order valence-corrected chi connectivity index (χ0v) is 8.93. The lowest BCUT2D eigenvalue weighted by Crippen LogP contribution is -1.89. The highest BCUT2D eigenvalue weighted by Crippen LogP contribution is 2.23. The van der Waals surface area contributed by atoms with Gasteiger partial charge in [0.1, 0.15) is 17.3 Å². The molecule has 0 fully saturated rings. The number of nitriles is 1. The van der Waals surface area contributed by atoms with Gasteiger partial charge in [0.15, 0.2) is 0 Å². The number of rotatable bonds is 3. The van der Waals surface area contributed by atoms with Crippen molar-refractivity contribution in [1.29, 1.82) is 5.26 Å². The van der Waals surface area contributed by atoms with E-state index in [1.165, 1.54) is 18.2 Å². The molecular formula is C14H9FNO. The summed E-state index contributed by atoms with van der Waals surface area (Å²) in [6, 6.07) is 15.3. The third-order valence-electron chi connectivity index (χ3n) is 2.17. The van der Waals surface area contributed by atoms with Crippen molar-refractivity contribution in [3.8, 4) is 17.6 Å². The van der Waals surface area contributed by atoms with Crippen molar-refractivity contribution < 1.29 is 9.13 Å². The Bertz CT molecular complexity index is 546. The first-order valence-corrected chi connectivity index (χ1v) is 5.05. The van der Waals surface area contributed by atoms with E-state index in [1.807, 2.05) is 18.2 Å². The maximum atomic E-state index is 13.3. The van der Waals surface area contributed by atoms with Crippen molar-refractivity contribution in [3.05, 3.63) is 66.3 Å². The summed E-state index contributed by atoms with van der Waals surface area (Å²) < 4.78 is 18.8. The molecule has 0 atom stereocenters. The van der Waals surface area contributed by atoms with Crippen molar-refractivity contribution in [2.24, 2.45) is 0 Å². The van der Waals surface area contributed by atoms with Gasteiger partial charge < -0.3 is 4.74 Å². The molecule has 0 spiro atoms. The quantitative estimate of drug-likeness (QED) is 0.799. The van der Waals surface area contributed by atoms with Crippen LogP contribution in [0, 0.1) is 23.6 Å². The van der Waals surface area contributed by atoms with Crippen LogP contribution in [0.3, 0.4) is 0 Å². The van der Waals surface area contributed by atoms with Gasteiger partial charge in [0.25, 0.3) is 0 Å². The highest BCUT2D eigenvalue weighted by Gasteiger charge is 2.05. The van der Waals surface area contributed by atoms with E-state index in [4.69, 9.17) is 10.00 Å². The lowest BCUT2D eigenvalue weighted by atomic mass is 10.1. The first kappa shape index (κ1) is 11.2. The number of hydrogen-bond donors (Lipinski definition) is 0. The van der Waals surface area contributed by atoms with Gasteiger partial charge in [0, 0.05) is 5.56 Å². The summed E-state index contributed by atoms with van der Waals surface area (Å²) in [6.07, 6.45) is 1.15. The van der Waals surface area contributed by atoms with Crippen LogP contribution < -0.4 is 4.74 Å². The van der Waals surface area contributed by atoms with Gasteiger partial charge in [-0.05, 0) is 30.3 Å². The summed E-state index contributed by atoms with van der Waals surface area (Å²) in [4.78, 5) is 0. The number of ether oxygens (including phenoxy) is 1. The first-order chi connectivity index (χ1) is 8.29. The molecule has 83 valence electrons. The Labute approximate surface area is 98.9 Å². The monoisotopic (exact) mass is 226 g/mol. The van der Waals surface area contributed by atoms with Gasteiger partial charge in [-0.2, -0.15) is 5.26 Å². The van der Waals surface area contributed by atoms with Crippen LogP contribution in [0.2, 0.25) is 0 Å². The molecule has 0 aliphatic heterocycles. The molecule has 0 bridgehead atoms. The molecule has 0 unspecified atom stereocenters. The maximum absolute atomic E-state index is 13.3. The Kier molecular flexibility index (Phi) is 3.37. The fraction of sp³-hybridized carbons (Fsp3) is 0. The minimum absolute atomic E-state index is 0.223. The van der Waals surface area contributed by atoms with Gasteiger partial charge in [-0.3, -0.25) is 0 Å². The summed E-state index contributed by atoms with van der Waals surface area (Å²) in [5.74, 6) is 0.730. The Morgan fingerprint density at radius 3 is 2.53 bits per heavy atom. The molecule has 3 heteroatoms. The van der Waals surface area contributed by atoms with Gasteiger partial charge in [-0.25, -0.2) is 4.39 Å². The molecule has 0 saturated carbocycles. The minimum atomic E-state index is -0.438. The molecule has 0 N–H and O–H groups in total. The van der Waals surface area contributed by atoms with Gasteiger partial charge in [0.2, 0.25) is 0 Å². The number of nitrogens with zero attached hydrogens (tertiary/aromatic N) is 1. The third-order valence-corrected chi connectivity index (χ3v) is 2.17. The van der Waals surface area contributed by atoms with Crippen LogP contribution in [0.4, 0.5) is 4.39 Å². The number of hydrogen-bond acceptors (Lipinski definition) is 2. The van der Waals surface area contributed by atoms with Gasteiger partial charge in [-0.15, -0.1) is 0 Å². The Balaban J connectivity index is 2.23. The zero-order valence-electron chi connectivity index (χ0n) is 8.93. The second-order valence-electron chi connectivity index (χ2n) is 3.37. The smallest absolute Gasteiger partial charge is 0.128 e. The number of benzene rings is 2. The molecule has 0 aromatic heterocycles. The number of halogens is 1. The maximum Gasteiger partial charge on any atom is 0.128 e. The van der Waals surface area contributed by atoms with Crippen molar-refractivity contribution >= 4 is 0 Å². The fourth-order valence-electron chi connectivity index (χ4n) is 1.39. The standard InChI is InChI=1S/C14H9FNO/c15-14-7-6-13(10-11(14)8-9-16)17-12-4-2-1-3-5-12/h1-8,10H. The summed E-state index contributed by atoms with van der Waals surface area (Å²) in [6.45, 7) is 0. The molecular weight excluding hydrogens is 217 g/mol. The molecule has 2 rings (SSSR count). The molecule has 0 amide bonds. The van der Waals surface area contributed by atoms with Crippen LogP contribution in [0.1, 0.15) is 5.56 Å². The molecule has 0 aliphatic rings. The molecule has 0 aliphatic carbocycles. The summed E-state index contributed by atoms with van der Waals surface area (Å²) >= 11 is 0. The minimum Gasteiger partial charge on any atom is -0.457 e. The van der Waals surface area contributed by atoms with Crippen molar-refractivity contribution in [1.82, 2.24) is 0 Å². The van der Waals surface area contributed by atoms with E-state index in [-0.39, 0.29) is 5.56 Å². The van der Waals surface area contributed by atoms with E-state index < -0.39 is 5.82 Å². The molecule has 1 radical (unpaired) electrons. The lowest BCUT2D eigenvalue weighted by molar-refractivity contribution is 0.480. The Hall–Kier alpha value is -2.34. The fourth-order valence-corrected chi connectivity index (χ4v) is 1.39. The van der Waals surface area contributed by atoms with Gasteiger partial charge >= 0.3 is 0 Å². The van der Waals surface area contributed by atoms with E-state index in [1.54, 1.807) is 18.2 Å². The van der Waals surface area contributed by atoms with Crippen LogP contribution in [0.15, 0.2) is 48.5 Å². The highest BCUT2D eigenvalue weighted by molar-refractivity contribution is 5.39. The van der Waals surface area contributed by atoms with Crippen molar-refractivity contribution in [2.75, 3.05) is 0 Å². The molecule has 0 heterocycles. The molecule has 17 heavy (non-hydrogen) atoms. The normalized spacial score (nSPS) is 9.65. The zero-order chi connectivity index (χ0) is 12.1. The summed E-state index contributed by atoms with van der Waals surface area (Å²) in [5.41, 5.74) is 0.223. The molecule has 0 saturated heterocycles. The van der Waals surface area contributed by atoms with Crippen LogP contribution in [0.25, 0.3) is 0 Å². The highest BCUT2D eigenvalue weighted by atomic mass is 19.1. The largest absolute Gasteiger partial charge is 0.457 e. The Morgan fingerprint density at radius 1 is 1.06 bits per heavy atom. The predicted molar refractivity (Wildman–Crippen MR) is 61.9 cm³/mol. The van der Waals surface area contributed by atoms with Crippen LogP contribution in [0.5, 0.6) is 11.5 Å². The third kappa shape index (κ3) is 2.82. The van der Waals surface area contributed by atoms with E-state index in [9.17, 15) is 4.39 Å². The Morgan fingerprint density at radius 2 is 1.82 bits per heavy atom. The molecule has 2 aromatic carbocycles. The molecule has 2 aromatic rings. The van der Waals surface area contributed by atoms with Crippen molar-refractivity contribution in [3.63, 3.8) is 0 Å². The average Bonchev–Trinajstić information content (AvgIpc) is 2.35. The SMILES string of the molecule is N#C[CH]c1cc(Oc2ccccc2)ccc1F.